The van der Waals surface area contributed by atoms with Crippen LogP contribution in [0.25, 0.3) is 0 Å². The van der Waals surface area contributed by atoms with Gasteiger partial charge in [0.15, 0.2) is 0 Å². The van der Waals surface area contributed by atoms with Crippen molar-refractivity contribution in [2.24, 2.45) is 5.73 Å². The average molecular weight is 223 g/mol. The summed E-state index contributed by atoms with van der Waals surface area (Å²) in [6.45, 7) is 5.59. The number of aromatic nitrogens is 3. The summed E-state index contributed by atoms with van der Waals surface area (Å²) in [7, 11) is 1.99. The number of hydrogen-bond acceptors (Lipinski definition) is 5. The molecule has 0 aliphatic heterocycles. The minimum atomic E-state index is 0.704. The van der Waals surface area contributed by atoms with E-state index in [0.717, 1.165) is 43.7 Å². The molecule has 1 heterocycles. The average Bonchev–Trinajstić information content (AvgIpc) is 2.28. The van der Waals surface area contributed by atoms with Gasteiger partial charge in [-0.25, -0.2) is 4.98 Å². The van der Waals surface area contributed by atoms with Gasteiger partial charge in [-0.05, 0) is 33.2 Å². The van der Waals surface area contributed by atoms with Crippen LogP contribution in [0.2, 0.25) is 0 Å². The smallest absolute Gasteiger partial charge is 0.245 e. The molecule has 0 radical (unpaired) electrons. The molecular weight excluding hydrogens is 202 g/mol. The Hall–Kier alpha value is -1.23. The normalized spacial score (nSPS) is 10.5. The summed E-state index contributed by atoms with van der Waals surface area (Å²) in [4.78, 5) is 6.44. The Balaban J connectivity index is 2.46. The van der Waals surface area contributed by atoms with Gasteiger partial charge in [-0.2, -0.15) is 5.10 Å². The SMILES string of the molecule is Cc1nnc(N(C)CCCCCN)nc1C. The molecule has 2 N–H and O–H groups in total. The Morgan fingerprint density at radius 2 is 1.81 bits per heavy atom. The molecule has 90 valence electrons. The molecule has 0 unspecified atom stereocenters. The van der Waals surface area contributed by atoms with Crippen LogP contribution >= 0.6 is 0 Å². The van der Waals surface area contributed by atoms with Crippen LogP contribution in [0.1, 0.15) is 30.7 Å². The van der Waals surface area contributed by atoms with Crippen LogP contribution in [-0.2, 0) is 0 Å². The van der Waals surface area contributed by atoms with E-state index in [4.69, 9.17) is 5.73 Å². The Morgan fingerprint density at radius 1 is 1.06 bits per heavy atom. The second kappa shape index (κ2) is 6.37. The lowest BCUT2D eigenvalue weighted by molar-refractivity contribution is 0.667. The second-order valence-corrected chi connectivity index (χ2v) is 4.05. The molecule has 16 heavy (non-hydrogen) atoms. The van der Waals surface area contributed by atoms with Gasteiger partial charge in [-0.15, -0.1) is 5.10 Å². The zero-order valence-corrected chi connectivity index (χ0v) is 10.4. The fourth-order valence-electron chi connectivity index (χ4n) is 1.38. The maximum absolute atomic E-state index is 5.44. The third-order valence-electron chi connectivity index (χ3n) is 2.62. The highest BCUT2D eigenvalue weighted by Crippen LogP contribution is 2.07. The number of aryl methyl sites for hydroxylation is 2. The van der Waals surface area contributed by atoms with E-state index >= 15 is 0 Å². The van der Waals surface area contributed by atoms with Crippen molar-refractivity contribution >= 4 is 5.95 Å². The number of unbranched alkanes of at least 4 members (excludes halogenated alkanes) is 2. The van der Waals surface area contributed by atoms with Crippen molar-refractivity contribution in [3.05, 3.63) is 11.4 Å². The third kappa shape index (κ3) is 3.73. The van der Waals surface area contributed by atoms with Crippen LogP contribution in [0.4, 0.5) is 5.95 Å². The van der Waals surface area contributed by atoms with Gasteiger partial charge in [-0.1, -0.05) is 6.42 Å². The second-order valence-electron chi connectivity index (χ2n) is 4.05. The van der Waals surface area contributed by atoms with Crippen molar-refractivity contribution < 1.29 is 0 Å². The number of anilines is 1. The third-order valence-corrected chi connectivity index (χ3v) is 2.62. The maximum atomic E-state index is 5.44. The Kier molecular flexibility index (Phi) is 5.11. The summed E-state index contributed by atoms with van der Waals surface area (Å²) >= 11 is 0. The Morgan fingerprint density at radius 3 is 2.44 bits per heavy atom. The van der Waals surface area contributed by atoms with Crippen molar-refractivity contribution in [3.8, 4) is 0 Å². The zero-order chi connectivity index (χ0) is 12.0. The summed E-state index contributed by atoms with van der Waals surface area (Å²) in [6, 6.07) is 0. The van der Waals surface area contributed by atoms with Gasteiger partial charge >= 0.3 is 0 Å². The minimum Gasteiger partial charge on any atom is -0.343 e. The van der Waals surface area contributed by atoms with Crippen LogP contribution in [0.3, 0.4) is 0 Å². The van der Waals surface area contributed by atoms with Gasteiger partial charge < -0.3 is 10.6 Å². The summed E-state index contributed by atoms with van der Waals surface area (Å²) in [5.41, 5.74) is 7.28. The molecule has 5 heteroatoms. The standard InChI is InChI=1S/C11H21N5/c1-9-10(2)14-15-11(13-9)16(3)8-6-4-5-7-12/h4-8,12H2,1-3H3. The van der Waals surface area contributed by atoms with Crippen LogP contribution in [0, 0.1) is 13.8 Å². The highest BCUT2D eigenvalue weighted by Gasteiger charge is 2.06. The molecule has 0 saturated heterocycles. The van der Waals surface area contributed by atoms with Crippen molar-refractivity contribution in [1.29, 1.82) is 0 Å². The molecule has 0 spiro atoms. The zero-order valence-electron chi connectivity index (χ0n) is 10.4. The van der Waals surface area contributed by atoms with Gasteiger partial charge in [-0.3, -0.25) is 0 Å². The topological polar surface area (TPSA) is 67.9 Å². The van der Waals surface area contributed by atoms with Crippen molar-refractivity contribution in [1.82, 2.24) is 15.2 Å². The molecule has 0 aromatic carbocycles. The van der Waals surface area contributed by atoms with Crippen LogP contribution in [0.5, 0.6) is 0 Å². The van der Waals surface area contributed by atoms with Gasteiger partial charge in [0.25, 0.3) is 0 Å². The van der Waals surface area contributed by atoms with Gasteiger partial charge in [0.2, 0.25) is 5.95 Å². The quantitative estimate of drug-likeness (QED) is 0.730. The molecule has 5 nitrogen and oxygen atoms in total. The van der Waals surface area contributed by atoms with Crippen molar-refractivity contribution in [2.45, 2.75) is 33.1 Å². The number of rotatable bonds is 6. The summed E-state index contributed by atoms with van der Waals surface area (Å²) in [6.07, 6.45) is 3.35. The lowest BCUT2D eigenvalue weighted by Gasteiger charge is -2.16. The van der Waals surface area contributed by atoms with Crippen molar-refractivity contribution in [2.75, 3.05) is 25.0 Å². The van der Waals surface area contributed by atoms with E-state index < -0.39 is 0 Å². The first-order valence-corrected chi connectivity index (χ1v) is 5.74. The van der Waals surface area contributed by atoms with E-state index in [1.807, 2.05) is 25.8 Å². The Bertz CT molecular complexity index is 326. The molecule has 0 fully saturated rings. The van der Waals surface area contributed by atoms with E-state index in [2.05, 4.69) is 15.2 Å². The summed E-state index contributed by atoms with van der Waals surface area (Å²) in [5.74, 6) is 0.704. The molecular formula is C11H21N5. The molecule has 0 saturated carbocycles. The predicted molar refractivity (Wildman–Crippen MR) is 65.5 cm³/mol. The van der Waals surface area contributed by atoms with E-state index in [0.29, 0.717) is 5.95 Å². The minimum absolute atomic E-state index is 0.704. The first kappa shape index (κ1) is 12.8. The molecule has 1 aromatic heterocycles. The maximum Gasteiger partial charge on any atom is 0.245 e. The highest BCUT2D eigenvalue weighted by molar-refractivity contribution is 5.27. The van der Waals surface area contributed by atoms with Crippen LogP contribution < -0.4 is 10.6 Å². The van der Waals surface area contributed by atoms with E-state index in [1.54, 1.807) is 0 Å². The van der Waals surface area contributed by atoms with Crippen LogP contribution in [0.15, 0.2) is 0 Å². The fourth-order valence-corrected chi connectivity index (χ4v) is 1.38. The summed E-state index contributed by atoms with van der Waals surface area (Å²) in [5, 5.41) is 8.15. The molecule has 0 atom stereocenters. The fraction of sp³-hybridized carbons (Fsp3) is 0.727. The molecule has 0 aliphatic rings. The summed E-state index contributed by atoms with van der Waals surface area (Å²) < 4.78 is 0. The van der Waals surface area contributed by atoms with Gasteiger partial charge in [0.05, 0.1) is 11.4 Å². The number of nitrogens with two attached hydrogens (primary N) is 1. The monoisotopic (exact) mass is 223 g/mol. The van der Waals surface area contributed by atoms with Gasteiger partial charge in [0, 0.05) is 13.6 Å². The van der Waals surface area contributed by atoms with E-state index in [-0.39, 0.29) is 0 Å². The first-order chi connectivity index (χ1) is 7.65. The van der Waals surface area contributed by atoms with Crippen LogP contribution in [-0.4, -0.2) is 35.3 Å². The van der Waals surface area contributed by atoms with E-state index in [1.165, 1.54) is 0 Å². The first-order valence-electron chi connectivity index (χ1n) is 5.74. The lowest BCUT2D eigenvalue weighted by Crippen LogP contribution is -2.22. The van der Waals surface area contributed by atoms with Gasteiger partial charge in [0.1, 0.15) is 0 Å². The number of nitrogens with zero attached hydrogens (tertiary/aromatic N) is 4. The molecule has 0 aliphatic carbocycles. The largest absolute Gasteiger partial charge is 0.343 e. The highest BCUT2D eigenvalue weighted by atomic mass is 15.3. The van der Waals surface area contributed by atoms with Crippen molar-refractivity contribution in [3.63, 3.8) is 0 Å². The van der Waals surface area contributed by atoms with E-state index in [9.17, 15) is 0 Å². The molecule has 1 aromatic rings. The molecule has 0 amide bonds. The predicted octanol–water partition coefficient (Wildman–Crippen LogP) is 1.05. The Labute approximate surface area is 97.1 Å². The molecule has 1 rings (SSSR count). The number of hydrogen-bond donors (Lipinski definition) is 1. The molecule has 0 bridgehead atoms. The lowest BCUT2D eigenvalue weighted by atomic mass is 10.2.